The van der Waals surface area contributed by atoms with E-state index < -0.39 is 0 Å². The number of unbranched alkanes of at least 4 members (excludes halogenated alkanes) is 2. The molecular weight excluding hydrogens is 264 g/mol. The molecule has 0 bridgehead atoms. The van der Waals surface area contributed by atoms with E-state index in [1.54, 1.807) is 0 Å². The van der Waals surface area contributed by atoms with Crippen LogP contribution >= 0.6 is 0 Å². The molecule has 0 spiro atoms. The summed E-state index contributed by atoms with van der Waals surface area (Å²) in [6, 6.07) is 17.5. The maximum atomic E-state index is 2.30. The lowest BCUT2D eigenvalue weighted by molar-refractivity contribution is 0.717. The second-order valence-corrected chi connectivity index (χ2v) is 5.98. The minimum absolute atomic E-state index is 1.15. The lowest BCUT2D eigenvalue weighted by Crippen LogP contribution is -1.87. The lowest BCUT2D eigenvalue weighted by atomic mass is 10.0. The summed E-state index contributed by atoms with van der Waals surface area (Å²) in [6.45, 7) is 8.81. The van der Waals surface area contributed by atoms with E-state index in [9.17, 15) is 0 Å². The molecule has 2 aromatic rings. The van der Waals surface area contributed by atoms with Crippen LogP contribution in [0.25, 0.3) is 0 Å². The SMILES string of the molecule is CCCCCc1ccccc1.CCc1cc(C)cc(CC)c1. The van der Waals surface area contributed by atoms with Crippen LogP contribution in [0.4, 0.5) is 0 Å². The van der Waals surface area contributed by atoms with Crippen LogP contribution in [-0.4, -0.2) is 0 Å². The van der Waals surface area contributed by atoms with Gasteiger partial charge in [0.1, 0.15) is 0 Å². The van der Waals surface area contributed by atoms with Crippen LogP contribution in [0.5, 0.6) is 0 Å². The molecule has 2 aromatic carbocycles. The molecule has 0 unspecified atom stereocenters. The Morgan fingerprint density at radius 3 is 1.77 bits per heavy atom. The lowest BCUT2D eigenvalue weighted by Gasteiger charge is -2.02. The summed E-state index contributed by atoms with van der Waals surface area (Å²) >= 11 is 0. The zero-order valence-corrected chi connectivity index (χ0v) is 14.9. The maximum Gasteiger partial charge on any atom is -0.0279 e. The van der Waals surface area contributed by atoms with Gasteiger partial charge in [0.2, 0.25) is 0 Å². The number of benzene rings is 2. The first-order valence-electron chi connectivity index (χ1n) is 8.82. The van der Waals surface area contributed by atoms with Crippen LogP contribution in [0.2, 0.25) is 0 Å². The third kappa shape index (κ3) is 7.45. The Labute approximate surface area is 137 Å². The molecule has 0 fully saturated rings. The molecule has 0 saturated heterocycles. The summed E-state index contributed by atoms with van der Waals surface area (Å²) in [5, 5.41) is 0. The Balaban J connectivity index is 0.000000220. The third-order valence-electron chi connectivity index (χ3n) is 3.93. The van der Waals surface area contributed by atoms with E-state index in [-0.39, 0.29) is 0 Å². The van der Waals surface area contributed by atoms with Crippen molar-refractivity contribution in [1.82, 2.24) is 0 Å². The normalized spacial score (nSPS) is 10.0. The van der Waals surface area contributed by atoms with Crippen LogP contribution in [-0.2, 0) is 19.3 Å². The van der Waals surface area contributed by atoms with Gasteiger partial charge in [-0.25, -0.2) is 0 Å². The van der Waals surface area contributed by atoms with Gasteiger partial charge in [-0.3, -0.25) is 0 Å². The van der Waals surface area contributed by atoms with Gasteiger partial charge in [-0.1, -0.05) is 87.7 Å². The topological polar surface area (TPSA) is 0 Å². The first kappa shape index (κ1) is 18.5. The standard InChI is InChI=1S/2C11H16/c1-4-10-6-9(3)7-11(5-2)8-10;1-2-3-5-8-11-9-6-4-7-10-11/h6-8H,4-5H2,1-3H3;4,6-7,9-10H,2-3,5,8H2,1H3. The van der Waals surface area contributed by atoms with E-state index in [1.165, 1.54) is 47.9 Å². The second-order valence-electron chi connectivity index (χ2n) is 5.98. The molecule has 0 nitrogen and oxygen atoms in total. The first-order chi connectivity index (χ1) is 10.7. The number of hydrogen-bond acceptors (Lipinski definition) is 0. The summed E-state index contributed by atoms with van der Waals surface area (Å²) in [4.78, 5) is 0. The summed E-state index contributed by atoms with van der Waals surface area (Å²) in [5.41, 5.74) is 5.78. The maximum absolute atomic E-state index is 2.30. The van der Waals surface area contributed by atoms with Crippen molar-refractivity contribution >= 4 is 0 Å². The fraction of sp³-hybridized carbons (Fsp3) is 0.455. The van der Waals surface area contributed by atoms with Crippen molar-refractivity contribution in [3.63, 3.8) is 0 Å². The fourth-order valence-electron chi connectivity index (χ4n) is 2.58. The minimum Gasteiger partial charge on any atom is -0.0654 e. The van der Waals surface area contributed by atoms with Crippen LogP contribution in [0.15, 0.2) is 48.5 Å². The average molecular weight is 296 g/mol. The fourth-order valence-corrected chi connectivity index (χ4v) is 2.58. The highest BCUT2D eigenvalue weighted by atomic mass is 14.0. The van der Waals surface area contributed by atoms with Crippen LogP contribution in [0.3, 0.4) is 0 Å². The van der Waals surface area contributed by atoms with E-state index in [1.807, 2.05) is 0 Å². The molecule has 22 heavy (non-hydrogen) atoms. The van der Waals surface area contributed by atoms with E-state index in [0.29, 0.717) is 0 Å². The molecule has 0 aliphatic carbocycles. The van der Waals surface area contributed by atoms with Gasteiger partial charge in [-0.2, -0.15) is 0 Å². The van der Waals surface area contributed by atoms with Gasteiger partial charge in [0, 0.05) is 0 Å². The number of rotatable bonds is 6. The summed E-state index contributed by atoms with van der Waals surface area (Å²) in [6.07, 6.45) is 7.54. The molecule has 0 aliphatic heterocycles. The molecule has 0 radical (unpaired) electrons. The van der Waals surface area contributed by atoms with E-state index in [4.69, 9.17) is 0 Å². The van der Waals surface area contributed by atoms with E-state index in [0.717, 1.165) is 12.8 Å². The van der Waals surface area contributed by atoms with Gasteiger partial charge >= 0.3 is 0 Å². The first-order valence-corrected chi connectivity index (χ1v) is 8.82. The van der Waals surface area contributed by atoms with E-state index in [2.05, 4.69) is 76.2 Å². The predicted octanol–water partition coefficient (Wildman–Crippen LogP) is 6.54. The number of aryl methyl sites for hydroxylation is 4. The van der Waals surface area contributed by atoms with Gasteiger partial charge in [-0.15, -0.1) is 0 Å². The molecule has 0 N–H and O–H groups in total. The Hall–Kier alpha value is -1.56. The minimum atomic E-state index is 1.15. The van der Waals surface area contributed by atoms with Crippen LogP contribution < -0.4 is 0 Å². The zero-order valence-electron chi connectivity index (χ0n) is 14.9. The highest BCUT2D eigenvalue weighted by Crippen LogP contribution is 2.10. The summed E-state index contributed by atoms with van der Waals surface area (Å²) < 4.78 is 0. The van der Waals surface area contributed by atoms with Gasteiger partial charge < -0.3 is 0 Å². The Kier molecular flexibility index (Phi) is 9.30. The molecule has 0 atom stereocenters. The smallest absolute Gasteiger partial charge is 0.0279 e. The molecule has 0 aromatic heterocycles. The molecular formula is C22H32. The number of hydrogen-bond donors (Lipinski definition) is 0. The highest BCUT2D eigenvalue weighted by Gasteiger charge is 1.94. The van der Waals surface area contributed by atoms with Gasteiger partial charge in [0.05, 0.1) is 0 Å². The molecule has 0 saturated carbocycles. The van der Waals surface area contributed by atoms with Crippen molar-refractivity contribution in [1.29, 1.82) is 0 Å². The Morgan fingerprint density at radius 2 is 1.27 bits per heavy atom. The van der Waals surface area contributed by atoms with Crippen molar-refractivity contribution in [2.75, 3.05) is 0 Å². The largest absolute Gasteiger partial charge is 0.0654 e. The molecule has 0 heteroatoms. The zero-order chi connectivity index (χ0) is 16.2. The molecule has 0 heterocycles. The summed E-state index contributed by atoms with van der Waals surface area (Å²) in [7, 11) is 0. The van der Waals surface area contributed by atoms with Crippen LogP contribution in [0.1, 0.15) is 62.3 Å². The van der Waals surface area contributed by atoms with Crippen molar-refractivity contribution in [3.8, 4) is 0 Å². The third-order valence-corrected chi connectivity index (χ3v) is 3.93. The predicted molar refractivity (Wildman–Crippen MR) is 99.6 cm³/mol. The average Bonchev–Trinajstić information content (AvgIpc) is 2.56. The van der Waals surface area contributed by atoms with Crippen LogP contribution in [0, 0.1) is 6.92 Å². The Bertz CT molecular complexity index is 489. The monoisotopic (exact) mass is 296 g/mol. The van der Waals surface area contributed by atoms with Crippen molar-refractivity contribution < 1.29 is 0 Å². The van der Waals surface area contributed by atoms with Gasteiger partial charge in [0.15, 0.2) is 0 Å². The van der Waals surface area contributed by atoms with Crippen molar-refractivity contribution in [2.45, 2.75) is 66.2 Å². The van der Waals surface area contributed by atoms with Gasteiger partial charge in [0.25, 0.3) is 0 Å². The second kappa shape index (κ2) is 11.1. The molecule has 0 amide bonds. The molecule has 2 rings (SSSR count). The summed E-state index contributed by atoms with van der Waals surface area (Å²) in [5.74, 6) is 0. The Morgan fingerprint density at radius 1 is 0.682 bits per heavy atom. The van der Waals surface area contributed by atoms with Gasteiger partial charge in [-0.05, 0) is 49.3 Å². The molecule has 0 aliphatic rings. The van der Waals surface area contributed by atoms with Crippen molar-refractivity contribution in [3.05, 3.63) is 70.8 Å². The van der Waals surface area contributed by atoms with E-state index >= 15 is 0 Å². The quantitative estimate of drug-likeness (QED) is 0.531. The molecule has 120 valence electrons. The van der Waals surface area contributed by atoms with Crippen molar-refractivity contribution in [2.24, 2.45) is 0 Å². The highest BCUT2D eigenvalue weighted by molar-refractivity contribution is 5.29.